The maximum Gasteiger partial charge on any atom is 0.239 e. The molecular weight excluding hydrogens is 300 g/mol. The molecule has 1 aromatic heterocycles. The Balaban J connectivity index is 1.51. The van der Waals surface area contributed by atoms with Crippen molar-refractivity contribution >= 4 is 5.91 Å². The smallest absolute Gasteiger partial charge is 0.239 e. The molecule has 0 saturated carbocycles. The number of amides is 1. The van der Waals surface area contributed by atoms with Crippen molar-refractivity contribution in [2.45, 2.75) is 45.2 Å². The minimum absolute atomic E-state index is 0.0129. The Bertz CT molecular complexity index is 521. The lowest BCUT2D eigenvalue weighted by atomic mass is 10.1. The Morgan fingerprint density at radius 3 is 2.29 bits per heavy atom. The SMILES string of the molecule is C[C@H](c1cccnc1)N1CCN([C@@H](C)C(=O)N2CCCCC2)CC1. The van der Waals surface area contributed by atoms with Gasteiger partial charge in [-0.1, -0.05) is 6.07 Å². The van der Waals surface area contributed by atoms with E-state index in [1.165, 1.54) is 12.0 Å². The molecule has 2 saturated heterocycles. The lowest BCUT2D eigenvalue weighted by molar-refractivity contribution is -0.138. The number of piperidine rings is 1. The highest BCUT2D eigenvalue weighted by Crippen LogP contribution is 2.22. The Labute approximate surface area is 145 Å². The summed E-state index contributed by atoms with van der Waals surface area (Å²) in [5, 5.41) is 0. The Morgan fingerprint density at radius 1 is 1.00 bits per heavy atom. The van der Waals surface area contributed by atoms with Crippen LogP contribution in [0.25, 0.3) is 0 Å². The number of carbonyl (C=O) groups is 1. The van der Waals surface area contributed by atoms with Crippen molar-refractivity contribution < 1.29 is 4.79 Å². The number of hydrogen-bond donors (Lipinski definition) is 0. The molecule has 1 aromatic rings. The molecule has 0 N–H and O–H groups in total. The van der Waals surface area contributed by atoms with E-state index in [1.54, 1.807) is 0 Å². The van der Waals surface area contributed by atoms with Gasteiger partial charge in [0.2, 0.25) is 5.91 Å². The van der Waals surface area contributed by atoms with Gasteiger partial charge in [-0.25, -0.2) is 0 Å². The van der Waals surface area contributed by atoms with Crippen LogP contribution in [0.1, 0.15) is 44.7 Å². The molecule has 0 aromatic carbocycles. The molecule has 0 aliphatic carbocycles. The topological polar surface area (TPSA) is 39.7 Å². The van der Waals surface area contributed by atoms with Gasteiger partial charge in [-0.2, -0.15) is 0 Å². The predicted molar refractivity (Wildman–Crippen MR) is 95.7 cm³/mol. The standard InChI is InChI=1S/C19H30N4O/c1-16(18-7-6-8-20-15-18)21-11-13-22(14-12-21)17(2)19(24)23-9-4-3-5-10-23/h6-8,15-17H,3-5,9-14H2,1-2H3/t16-,17+/m1/s1. The summed E-state index contributed by atoms with van der Waals surface area (Å²) in [6.07, 6.45) is 7.37. The van der Waals surface area contributed by atoms with E-state index in [9.17, 15) is 4.79 Å². The quantitative estimate of drug-likeness (QED) is 0.848. The third-order valence-electron chi connectivity index (χ3n) is 5.64. The number of rotatable bonds is 4. The summed E-state index contributed by atoms with van der Waals surface area (Å²) >= 11 is 0. The second-order valence-corrected chi connectivity index (χ2v) is 7.10. The molecule has 0 spiro atoms. The maximum absolute atomic E-state index is 12.7. The summed E-state index contributed by atoms with van der Waals surface area (Å²) in [7, 11) is 0. The van der Waals surface area contributed by atoms with Gasteiger partial charge in [0.15, 0.2) is 0 Å². The summed E-state index contributed by atoms with van der Waals surface area (Å²) in [5.41, 5.74) is 1.27. The van der Waals surface area contributed by atoms with Crippen molar-refractivity contribution in [3.8, 4) is 0 Å². The first-order valence-corrected chi connectivity index (χ1v) is 9.33. The van der Waals surface area contributed by atoms with E-state index >= 15 is 0 Å². The first kappa shape index (κ1) is 17.4. The number of aromatic nitrogens is 1. The third-order valence-corrected chi connectivity index (χ3v) is 5.64. The van der Waals surface area contributed by atoms with Crippen LogP contribution in [0, 0.1) is 0 Å². The molecule has 2 aliphatic heterocycles. The van der Waals surface area contributed by atoms with E-state index in [-0.39, 0.29) is 6.04 Å². The third kappa shape index (κ3) is 3.95. The van der Waals surface area contributed by atoms with Crippen molar-refractivity contribution in [2.75, 3.05) is 39.3 Å². The fourth-order valence-corrected chi connectivity index (χ4v) is 3.88. The summed E-state index contributed by atoms with van der Waals surface area (Å²) < 4.78 is 0. The normalized spacial score (nSPS) is 23.0. The predicted octanol–water partition coefficient (Wildman–Crippen LogP) is 2.16. The zero-order chi connectivity index (χ0) is 16.9. The van der Waals surface area contributed by atoms with E-state index in [0.29, 0.717) is 11.9 Å². The van der Waals surface area contributed by atoms with Crippen LogP contribution in [0.15, 0.2) is 24.5 Å². The van der Waals surface area contributed by atoms with E-state index in [0.717, 1.165) is 52.1 Å². The van der Waals surface area contributed by atoms with Gasteiger partial charge in [-0.3, -0.25) is 19.6 Å². The van der Waals surface area contributed by atoms with Gasteiger partial charge in [0, 0.05) is 57.7 Å². The van der Waals surface area contributed by atoms with Crippen LogP contribution in [-0.2, 0) is 4.79 Å². The fourth-order valence-electron chi connectivity index (χ4n) is 3.88. The van der Waals surface area contributed by atoms with Gasteiger partial charge in [-0.05, 0) is 44.7 Å². The van der Waals surface area contributed by atoms with Crippen LogP contribution < -0.4 is 0 Å². The molecule has 2 atom stereocenters. The van der Waals surface area contributed by atoms with Crippen LogP contribution in [0.2, 0.25) is 0 Å². The van der Waals surface area contributed by atoms with Gasteiger partial charge in [0.05, 0.1) is 6.04 Å². The first-order valence-electron chi connectivity index (χ1n) is 9.33. The van der Waals surface area contributed by atoms with E-state index in [2.05, 4.69) is 39.6 Å². The van der Waals surface area contributed by atoms with Crippen molar-refractivity contribution in [1.82, 2.24) is 19.7 Å². The zero-order valence-electron chi connectivity index (χ0n) is 15.0. The van der Waals surface area contributed by atoms with E-state index in [4.69, 9.17) is 0 Å². The van der Waals surface area contributed by atoms with Gasteiger partial charge in [0.25, 0.3) is 0 Å². The summed E-state index contributed by atoms with van der Waals surface area (Å²) in [5.74, 6) is 0.323. The minimum Gasteiger partial charge on any atom is -0.341 e. The first-order chi connectivity index (χ1) is 11.7. The van der Waals surface area contributed by atoms with Crippen LogP contribution in [0.3, 0.4) is 0 Å². The van der Waals surface area contributed by atoms with Crippen LogP contribution in [-0.4, -0.2) is 70.9 Å². The van der Waals surface area contributed by atoms with Crippen LogP contribution in [0.5, 0.6) is 0 Å². The fraction of sp³-hybridized carbons (Fsp3) is 0.684. The second kappa shape index (κ2) is 8.08. The summed E-state index contributed by atoms with van der Waals surface area (Å²) in [4.78, 5) is 23.8. The Kier molecular flexibility index (Phi) is 5.85. The molecule has 24 heavy (non-hydrogen) atoms. The maximum atomic E-state index is 12.7. The lowest BCUT2D eigenvalue weighted by Crippen LogP contribution is -2.55. The van der Waals surface area contributed by atoms with Gasteiger partial charge in [0.1, 0.15) is 0 Å². The number of likely N-dealkylation sites (tertiary alicyclic amines) is 1. The molecule has 5 nitrogen and oxygen atoms in total. The van der Waals surface area contributed by atoms with E-state index < -0.39 is 0 Å². The number of hydrogen-bond acceptors (Lipinski definition) is 4. The molecule has 0 unspecified atom stereocenters. The van der Waals surface area contributed by atoms with Crippen molar-refractivity contribution in [3.63, 3.8) is 0 Å². The lowest BCUT2D eigenvalue weighted by Gasteiger charge is -2.41. The molecule has 2 fully saturated rings. The molecule has 3 rings (SSSR count). The molecule has 1 amide bonds. The highest BCUT2D eigenvalue weighted by atomic mass is 16.2. The van der Waals surface area contributed by atoms with Crippen molar-refractivity contribution in [2.24, 2.45) is 0 Å². The molecule has 0 bridgehead atoms. The summed E-state index contributed by atoms with van der Waals surface area (Å²) in [6.45, 7) is 10.2. The highest BCUT2D eigenvalue weighted by molar-refractivity contribution is 5.81. The van der Waals surface area contributed by atoms with Crippen LogP contribution in [0.4, 0.5) is 0 Å². The van der Waals surface area contributed by atoms with Crippen molar-refractivity contribution in [1.29, 1.82) is 0 Å². The number of carbonyl (C=O) groups excluding carboxylic acids is 1. The average molecular weight is 330 g/mol. The molecule has 3 heterocycles. The summed E-state index contributed by atoms with van der Waals surface area (Å²) in [6, 6.07) is 4.54. The van der Waals surface area contributed by atoms with Gasteiger partial charge in [-0.15, -0.1) is 0 Å². The molecular formula is C19H30N4O. The number of piperazine rings is 1. The average Bonchev–Trinajstić information content (AvgIpc) is 2.68. The van der Waals surface area contributed by atoms with Gasteiger partial charge >= 0.3 is 0 Å². The van der Waals surface area contributed by atoms with E-state index in [1.807, 2.05) is 18.5 Å². The van der Waals surface area contributed by atoms with Crippen molar-refractivity contribution in [3.05, 3.63) is 30.1 Å². The highest BCUT2D eigenvalue weighted by Gasteiger charge is 2.30. The molecule has 0 radical (unpaired) electrons. The largest absolute Gasteiger partial charge is 0.341 e. The molecule has 132 valence electrons. The Hall–Kier alpha value is -1.46. The second-order valence-electron chi connectivity index (χ2n) is 7.10. The molecule has 2 aliphatic rings. The van der Waals surface area contributed by atoms with Crippen LogP contribution >= 0.6 is 0 Å². The van der Waals surface area contributed by atoms with Gasteiger partial charge < -0.3 is 4.90 Å². The minimum atomic E-state index is 0.0129. The molecule has 5 heteroatoms. The monoisotopic (exact) mass is 330 g/mol. The Morgan fingerprint density at radius 2 is 1.67 bits per heavy atom. The number of nitrogens with zero attached hydrogens (tertiary/aromatic N) is 4. The number of pyridine rings is 1. The zero-order valence-corrected chi connectivity index (χ0v) is 15.0.